The topological polar surface area (TPSA) is 32.7 Å². The molecule has 4 heteroatoms. The van der Waals surface area contributed by atoms with Crippen LogP contribution in [0, 0.1) is 0 Å². The van der Waals surface area contributed by atoms with Crippen molar-refractivity contribution in [1.82, 2.24) is 4.90 Å². The lowest BCUT2D eigenvalue weighted by molar-refractivity contribution is 0.0581. The highest BCUT2D eigenvalue weighted by Gasteiger charge is 2.26. The fourth-order valence-corrected chi connectivity index (χ4v) is 3.81. The van der Waals surface area contributed by atoms with Crippen LogP contribution in [0.1, 0.15) is 25.7 Å². The molecule has 2 saturated heterocycles. The van der Waals surface area contributed by atoms with Crippen LogP contribution in [0.15, 0.2) is 0 Å². The predicted molar refractivity (Wildman–Crippen MR) is 68.0 cm³/mol. The molecule has 0 radical (unpaired) electrons. The molecule has 0 bridgehead atoms. The second-order valence-corrected chi connectivity index (χ2v) is 5.87. The zero-order valence-electron chi connectivity index (χ0n) is 9.94. The fourth-order valence-electron chi connectivity index (χ4n) is 2.56. The first-order valence-corrected chi connectivity index (χ1v) is 7.60. The average Bonchev–Trinajstić information content (AvgIpc) is 2.96. The van der Waals surface area contributed by atoms with Crippen molar-refractivity contribution in [3.05, 3.63) is 0 Å². The van der Waals surface area contributed by atoms with E-state index in [1.807, 2.05) is 0 Å². The summed E-state index contributed by atoms with van der Waals surface area (Å²) in [7, 11) is 0. The Morgan fingerprint density at radius 1 is 1.38 bits per heavy atom. The van der Waals surface area contributed by atoms with E-state index in [1.54, 1.807) is 0 Å². The number of aliphatic hydroxyl groups excluding tert-OH is 1. The maximum atomic E-state index is 8.96. The van der Waals surface area contributed by atoms with Gasteiger partial charge in [-0.05, 0) is 31.4 Å². The summed E-state index contributed by atoms with van der Waals surface area (Å²) in [5.41, 5.74) is 0. The molecule has 0 aromatic carbocycles. The lowest BCUT2D eigenvalue weighted by Gasteiger charge is -2.30. The van der Waals surface area contributed by atoms with E-state index in [9.17, 15) is 0 Å². The molecule has 0 amide bonds. The summed E-state index contributed by atoms with van der Waals surface area (Å²) in [6.07, 6.45) is 5.09. The molecule has 0 saturated carbocycles. The first kappa shape index (κ1) is 12.7. The van der Waals surface area contributed by atoms with E-state index in [-0.39, 0.29) is 0 Å². The van der Waals surface area contributed by atoms with Crippen LogP contribution in [0.4, 0.5) is 0 Å². The van der Waals surface area contributed by atoms with Gasteiger partial charge in [0.15, 0.2) is 0 Å². The van der Waals surface area contributed by atoms with E-state index in [4.69, 9.17) is 9.84 Å². The number of nitrogens with zero attached hydrogens (tertiary/aromatic N) is 1. The van der Waals surface area contributed by atoms with Crippen LogP contribution in [0.3, 0.4) is 0 Å². The molecular formula is C12H23NO2S. The predicted octanol–water partition coefficient (Wildman–Crippen LogP) is 1.36. The van der Waals surface area contributed by atoms with Crippen LogP contribution in [0.25, 0.3) is 0 Å². The van der Waals surface area contributed by atoms with E-state index in [0.29, 0.717) is 12.7 Å². The van der Waals surface area contributed by atoms with Crippen LogP contribution < -0.4 is 0 Å². The van der Waals surface area contributed by atoms with Gasteiger partial charge in [-0.25, -0.2) is 0 Å². The zero-order valence-corrected chi connectivity index (χ0v) is 10.8. The minimum atomic E-state index is 0.307. The number of rotatable bonds is 6. The standard InChI is InChI=1S/C12H23NO2S/c14-6-2-5-13(11-4-8-16-10-11)9-12-3-1-7-15-12/h11-12,14H,1-10H2. The average molecular weight is 245 g/mol. The van der Waals surface area contributed by atoms with Gasteiger partial charge in [0.05, 0.1) is 6.10 Å². The van der Waals surface area contributed by atoms with Gasteiger partial charge in [-0.2, -0.15) is 11.8 Å². The maximum Gasteiger partial charge on any atom is 0.0702 e. The van der Waals surface area contributed by atoms with Crippen LogP contribution in [0.5, 0.6) is 0 Å². The summed E-state index contributed by atoms with van der Waals surface area (Å²) in [5, 5.41) is 8.96. The molecule has 0 aromatic rings. The summed E-state index contributed by atoms with van der Waals surface area (Å²) >= 11 is 2.06. The van der Waals surface area contributed by atoms with Crippen molar-refractivity contribution in [1.29, 1.82) is 0 Å². The Bertz CT molecular complexity index is 191. The van der Waals surface area contributed by atoms with E-state index in [0.717, 1.165) is 32.2 Å². The van der Waals surface area contributed by atoms with Crippen molar-refractivity contribution in [2.75, 3.05) is 37.8 Å². The third-order valence-corrected chi connectivity index (χ3v) is 4.63. The molecule has 16 heavy (non-hydrogen) atoms. The Balaban J connectivity index is 1.80. The van der Waals surface area contributed by atoms with E-state index in [2.05, 4.69) is 16.7 Å². The molecule has 2 heterocycles. The normalized spacial score (nSPS) is 30.4. The number of aliphatic hydroxyl groups is 1. The number of hydrogen-bond donors (Lipinski definition) is 1. The third-order valence-electron chi connectivity index (χ3n) is 3.49. The Morgan fingerprint density at radius 3 is 2.94 bits per heavy atom. The Morgan fingerprint density at radius 2 is 2.31 bits per heavy atom. The van der Waals surface area contributed by atoms with Gasteiger partial charge in [-0.3, -0.25) is 4.90 Å². The van der Waals surface area contributed by atoms with Crippen molar-refractivity contribution in [3.8, 4) is 0 Å². The largest absolute Gasteiger partial charge is 0.396 e. The molecule has 3 nitrogen and oxygen atoms in total. The first-order valence-electron chi connectivity index (χ1n) is 6.44. The van der Waals surface area contributed by atoms with Gasteiger partial charge in [0.2, 0.25) is 0 Å². The molecule has 2 aliphatic heterocycles. The van der Waals surface area contributed by atoms with E-state index < -0.39 is 0 Å². The number of thioether (sulfide) groups is 1. The van der Waals surface area contributed by atoms with Crippen LogP contribution in [0.2, 0.25) is 0 Å². The second-order valence-electron chi connectivity index (χ2n) is 4.72. The van der Waals surface area contributed by atoms with E-state index >= 15 is 0 Å². The maximum absolute atomic E-state index is 8.96. The minimum absolute atomic E-state index is 0.307. The summed E-state index contributed by atoms with van der Waals surface area (Å²) in [5.74, 6) is 2.56. The van der Waals surface area contributed by atoms with Crippen molar-refractivity contribution in [2.24, 2.45) is 0 Å². The molecule has 2 aliphatic rings. The van der Waals surface area contributed by atoms with Crippen LogP contribution >= 0.6 is 11.8 Å². The molecule has 2 unspecified atom stereocenters. The SMILES string of the molecule is OCCCN(CC1CCCO1)C1CCSC1. The second kappa shape index (κ2) is 6.84. The van der Waals surface area contributed by atoms with Gasteiger partial charge in [0.25, 0.3) is 0 Å². The Labute approximate surface area is 103 Å². The van der Waals surface area contributed by atoms with Crippen molar-refractivity contribution in [2.45, 2.75) is 37.8 Å². The fraction of sp³-hybridized carbons (Fsp3) is 1.00. The van der Waals surface area contributed by atoms with E-state index in [1.165, 1.54) is 30.8 Å². The molecule has 2 fully saturated rings. The van der Waals surface area contributed by atoms with Gasteiger partial charge < -0.3 is 9.84 Å². The number of hydrogen-bond acceptors (Lipinski definition) is 4. The summed E-state index contributed by atoms with van der Waals surface area (Å²) in [4.78, 5) is 2.55. The van der Waals surface area contributed by atoms with Crippen molar-refractivity contribution in [3.63, 3.8) is 0 Å². The monoisotopic (exact) mass is 245 g/mol. The quantitative estimate of drug-likeness (QED) is 0.766. The minimum Gasteiger partial charge on any atom is -0.396 e. The number of ether oxygens (including phenoxy) is 1. The van der Waals surface area contributed by atoms with Crippen LogP contribution in [-0.4, -0.2) is 60.0 Å². The smallest absolute Gasteiger partial charge is 0.0702 e. The molecule has 2 atom stereocenters. The highest BCUT2D eigenvalue weighted by molar-refractivity contribution is 7.99. The molecule has 94 valence electrons. The highest BCUT2D eigenvalue weighted by Crippen LogP contribution is 2.24. The zero-order chi connectivity index (χ0) is 11.2. The van der Waals surface area contributed by atoms with Gasteiger partial charge in [-0.15, -0.1) is 0 Å². The van der Waals surface area contributed by atoms with Gasteiger partial charge >= 0.3 is 0 Å². The molecule has 2 rings (SSSR count). The van der Waals surface area contributed by atoms with Crippen LogP contribution in [-0.2, 0) is 4.74 Å². The molecule has 0 spiro atoms. The van der Waals surface area contributed by atoms with Gasteiger partial charge in [0.1, 0.15) is 0 Å². The summed E-state index contributed by atoms with van der Waals surface area (Å²) < 4.78 is 5.71. The molecule has 1 N–H and O–H groups in total. The van der Waals surface area contributed by atoms with Crippen molar-refractivity contribution < 1.29 is 9.84 Å². The Kier molecular flexibility index (Phi) is 5.42. The third kappa shape index (κ3) is 3.62. The lowest BCUT2D eigenvalue weighted by atomic mass is 10.1. The Hall–Kier alpha value is 0.230. The lowest BCUT2D eigenvalue weighted by Crippen LogP contribution is -2.41. The van der Waals surface area contributed by atoms with Crippen molar-refractivity contribution >= 4 is 11.8 Å². The highest BCUT2D eigenvalue weighted by atomic mass is 32.2. The molecule has 0 aromatic heterocycles. The molecule has 0 aliphatic carbocycles. The summed E-state index contributed by atoms with van der Waals surface area (Å²) in [6.45, 7) is 3.35. The van der Waals surface area contributed by atoms with Gasteiger partial charge in [-0.1, -0.05) is 0 Å². The first-order chi connectivity index (χ1) is 7.90. The molecular weight excluding hydrogens is 222 g/mol. The van der Waals surface area contributed by atoms with Gasteiger partial charge in [0, 0.05) is 38.1 Å². The summed E-state index contributed by atoms with van der Waals surface area (Å²) in [6, 6.07) is 0.723.